The Labute approximate surface area is 222 Å². The van der Waals surface area contributed by atoms with Crippen molar-refractivity contribution in [3.05, 3.63) is 23.8 Å². The van der Waals surface area contributed by atoms with Crippen LogP contribution in [0.25, 0.3) is 0 Å². The Morgan fingerprint density at radius 2 is 0.833 bits per heavy atom. The van der Waals surface area contributed by atoms with E-state index in [9.17, 15) is 0 Å². The van der Waals surface area contributed by atoms with Crippen molar-refractivity contribution in [1.29, 1.82) is 0 Å². The Morgan fingerprint density at radius 3 is 1.19 bits per heavy atom. The van der Waals surface area contributed by atoms with Crippen molar-refractivity contribution >= 4 is 25.2 Å². The molecule has 3 rings (SSSR count). The van der Waals surface area contributed by atoms with Crippen LogP contribution in [0.4, 0.5) is 0 Å². The summed E-state index contributed by atoms with van der Waals surface area (Å²) in [6, 6.07) is 6.70. The molecule has 0 aromatic heterocycles. The summed E-state index contributed by atoms with van der Waals surface area (Å²) >= 11 is 0. The van der Waals surface area contributed by atoms with Crippen LogP contribution in [0.5, 0.6) is 0 Å². The van der Waals surface area contributed by atoms with Gasteiger partial charge < -0.3 is 18.6 Å². The fourth-order valence-electron chi connectivity index (χ4n) is 4.94. The zero-order chi connectivity index (χ0) is 26.6. The second kappa shape index (κ2) is 11.9. The average molecular weight is 498 g/mol. The molecule has 36 heavy (non-hydrogen) atoms. The first-order valence-corrected chi connectivity index (χ1v) is 14.6. The molecule has 1 aromatic carbocycles. The molecule has 0 N–H and O–H groups in total. The minimum Gasteiger partial charge on any atom is -0.399 e. The summed E-state index contributed by atoms with van der Waals surface area (Å²) in [5, 5.41) is 0. The number of hydrogen-bond acceptors (Lipinski definition) is 4. The lowest BCUT2D eigenvalue weighted by Gasteiger charge is -2.32. The van der Waals surface area contributed by atoms with Crippen LogP contribution in [0, 0.1) is 0 Å². The van der Waals surface area contributed by atoms with E-state index in [-0.39, 0.29) is 36.6 Å². The standard InChI is InChI=1S/C30H52B2O4/c1-10-11-12-13-14-15-16-17-18-19-20-24-21-25(31-33-27(2,3)28(4,5)34-31)23-26(22-24)32-35-29(6,7)30(8,9)36-32/h21-23H,10-20H2,1-9H3. The lowest BCUT2D eigenvalue weighted by Crippen LogP contribution is -2.41. The molecule has 6 heteroatoms. The minimum absolute atomic E-state index is 0.366. The molecular weight excluding hydrogens is 446 g/mol. The highest BCUT2D eigenvalue weighted by Gasteiger charge is 2.54. The van der Waals surface area contributed by atoms with E-state index >= 15 is 0 Å². The first kappa shape index (κ1) is 29.7. The molecular formula is C30H52B2O4. The van der Waals surface area contributed by atoms with Gasteiger partial charge in [0.05, 0.1) is 22.4 Å². The highest BCUT2D eigenvalue weighted by atomic mass is 16.7. The first-order valence-electron chi connectivity index (χ1n) is 14.6. The van der Waals surface area contributed by atoms with Crippen molar-refractivity contribution in [1.82, 2.24) is 0 Å². The van der Waals surface area contributed by atoms with Crippen molar-refractivity contribution < 1.29 is 18.6 Å². The van der Waals surface area contributed by atoms with E-state index in [1.807, 2.05) is 0 Å². The van der Waals surface area contributed by atoms with Crippen molar-refractivity contribution in [2.45, 2.75) is 155 Å². The monoisotopic (exact) mass is 498 g/mol. The topological polar surface area (TPSA) is 36.9 Å². The van der Waals surface area contributed by atoms with E-state index in [0.717, 1.165) is 17.3 Å². The van der Waals surface area contributed by atoms with Crippen LogP contribution in [0.2, 0.25) is 0 Å². The van der Waals surface area contributed by atoms with Crippen molar-refractivity contribution in [3.63, 3.8) is 0 Å². The van der Waals surface area contributed by atoms with Crippen molar-refractivity contribution in [2.24, 2.45) is 0 Å². The molecule has 0 bridgehead atoms. The maximum atomic E-state index is 6.41. The summed E-state index contributed by atoms with van der Waals surface area (Å²) in [6.45, 7) is 19.1. The van der Waals surface area contributed by atoms with Crippen LogP contribution < -0.4 is 10.9 Å². The molecule has 2 heterocycles. The molecule has 0 amide bonds. The van der Waals surface area contributed by atoms with Gasteiger partial charge in [-0.2, -0.15) is 0 Å². The summed E-state index contributed by atoms with van der Waals surface area (Å²) in [6.07, 6.45) is 14.5. The molecule has 4 nitrogen and oxygen atoms in total. The second-order valence-electron chi connectivity index (χ2n) is 13.1. The minimum atomic E-state index is -0.385. The van der Waals surface area contributed by atoms with Gasteiger partial charge in [-0.25, -0.2) is 0 Å². The Morgan fingerprint density at radius 1 is 0.500 bits per heavy atom. The summed E-state index contributed by atoms with van der Waals surface area (Å²) in [4.78, 5) is 0. The van der Waals surface area contributed by atoms with Crippen molar-refractivity contribution in [2.75, 3.05) is 0 Å². The molecule has 2 aliphatic heterocycles. The molecule has 0 unspecified atom stereocenters. The zero-order valence-corrected chi connectivity index (χ0v) is 24.8. The van der Waals surface area contributed by atoms with Gasteiger partial charge in [-0.3, -0.25) is 0 Å². The van der Waals surface area contributed by atoms with E-state index in [4.69, 9.17) is 18.6 Å². The van der Waals surface area contributed by atoms with Crippen LogP contribution in [-0.2, 0) is 25.0 Å². The molecule has 0 aliphatic carbocycles. The predicted octanol–water partition coefficient (Wildman–Crippen LogP) is 6.75. The molecule has 202 valence electrons. The molecule has 1 aromatic rings. The van der Waals surface area contributed by atoms with E-state index in [0.29, 0.717) is 0 Å². The third-order valence-corrected chi connectivity index (χ3v) is 8.91. The van der Waals surface area contributed by atoms with Gasteiger partial charge in [-0.1, -0.05) is 82.9 Å². The van der Waals surface area contributed by atoms with Crippen LogP contribution >= 0.6 is 0 Å². The fourth-order valence-corrected chi connectivity index (χ4v) is 4.94. The van der Waals surface area contributed by atoms with E-state index in [1.54, 1.807) is 0 Å². The average Bonchev–Trinajstić information content (AvgIpc) is 3.14. The molecule has 0 radical (unpaired) electrons. The summed E-state index contributed by atoms with van der Waals surface area (Å²) < 4.78 is 25.6. The van der Waals surface area contributed by atoms with Crippen LogP contribution in [0.3, 0.4) is 0 Å². The molecule has 0 saturated carbocycles. The first-order chi connectivity index (χ1) is 16.8. The quantitative estimate of drug-likeness (QED) is 0.223. The van der Waals surface area contributed by atoms with Gasteiger partial charge in [0, 0.05) is 0 Å². The SMILES string of the molecule is CCCCCCCCCCCCc1cc(B2OC(C)(C)C(C)(C)O2)cc(B2OC(C)(C)C(C)(C)O2)c1. The van der Waals surface area contributed by atoms with Crippen LogP contribution in [0.1, 0.15) is 132 Å². The maximum absolute atomic E-state index is 6.41. The van der Waals surface area contributed by atoms with Gasteiger partial charge >= 0.3 is 14.2 Å². The summed E-state index contributed by atoms with van der Waals surface area (Å²) in [5.41, 5.74) is 1.96. The zero-order valence-electron chi connectivity index (χ0n) is 24.8. The second-order valence-corrected chi connectivity index (χ2v) is 13.1. The van der Waals surface area contributed by atoms with Crippen molar-refractivity contribution in [3.8, 4) is 0 Å². The predicted molar refractivity (Wildman–Crippen MR) is 153 cm³/mol. The molecule has 2 saturated heterocycles. The largest absolute Gasteiger partial charge is 0.494 e. The third-order valence-electron chi connectivity index (χ3n) is 8.91. The fraction of sp³-hybridized carbons (Fsp3) is 0.800. The highest BCUT2D eigenvalue weighted by Crippen LogP contribution is 2.38. The normalized spacial score (nSPS) is 21.9. The number of benzene rings is 1. The van der Waals surface area contributed by atoms with Gasteiger partial charge in [-0.05, 0) is 84.7 Å². The third kappa shape index (κ3) is 7.18. The number of unbranched alkanes of at least 4 members (excludes halogenated alkanes) is 9. The number of rotatable bonds is 13. The van der Waals surface area contributed by atoms with E-state index < -0.39 is 0 Å². The van der Waals surface area contributed by atoms with Gasteiger partial charge in [0.25, 0.3) is 0 Å². The van der Waals surface area contributed by atoms with Gasteiger partial charge in [-0.15, -0.1) is 0 Å². The molecule has 2 aliphatic rings. The van der Waals surface area contributed by atoms with Gasteiger partial charge in [0.15, 0.2) is 0 Å². The summed E-state index contributed by atoms with van der Waals surface area (Å²) in [7, 11) is -0.771. The highest BCUT2D eigenvalue weighted by molar-refractivity contribution is 6.66. The molecule has 0 atom stereocenters. The Hall–Kier alpha value is -0.810. The smallest absolute Gasteiger partial charge is 0.399 e. The summed E-state index contributed by atoms with van der Waals surface area (Å²) in [5.74, 6) is 0. The van der Waals surface area contributed by atoms with E-state index in [2.05, 4.69) is 80.5 Å². The lowest BCUT2D eigenvalue weighted by atomic mass is 9.70. The number of aryl methyl sites for hydroxylation is 1. The maximum Gasteiger partial charge on any atom is 0.494 e. The Bertz CT molecular complexity index is 763. The van der Waals surface area contributed by atoms with Crippen LogP contribution in [0.15, 0.2) is 18.2 Å². The lowest BCUT2D eigenvalue weighted by molar-refractivity contribution is 0.00578. The Kier molecular flexibility index (Phi) is 9.85. The van der Waals surface area contributed by atoms with Crippen LogP contribution in [-0.4, -0.2) is 36.6 Å². The Balaban J connectivity index is 1.65. The van der Waals surface area contributed by atoms with E-state index in [1.165, 1.54) is 69.8 Å². The van der Waals surface area contributed by atoms with Gasteiger partial charge in [0.1, 0.15) is 0 Å². The molecule has 0 spiro atoms. The van der Waals surface area contributed by atoms with Gasteiger partial charge in [0.2, 0.25) is 0 Å². The molecule has 2 fully saturated rings. The number of hydrogen-bond donors (Lipinski definition) is 0.